The Balaban J connectivity index is 2.71. The molecule has 1 heterocycles. The summed E-state index contributed by atoms with van der Waals surface area (Å²) in [5.41, 5.74) is -0.0858. The fourth-order valence-electron chi connectivity index (χ4n) is 1.49. The highest BCUT2D eigenvalue weighted by Gasteiger charge is 2.48. The van der Waals surface area contributed by atoms with Crippen LogP contribution < -0.4 is 5.32 Å². The molecule has 1 aliphatic rings. The lowest BCUT2D eigenvalue weighted by molar-refractivity contribution is -0.146. The van der Waals surface area contributed by atoms with Gasteiger partial charge in [-0.05, 0) is 19.1 Å². The van der Waals surface area contributed by atoms with Crippen LogP contribution in [0.2, 0.25) is 0 Å². The molecule has 0 saturated carbocycles. The van der Waals surface area contributed by atoms with E-state index in [4.69, 9.17) is 0 Å². The molecule has 1 aliphatic heterocycles. The van der Waals surface area contributed by atoms with Crippen LogP contribution in [-0.4, -0.2) is 11.8 Å². The number of fused-ring (bicyclic) bond motifs is 1. The van der Waals surface area contributed by atoms with Crippen molar-refractivity contribution in [3.63, 3.8) is 0 Å². The van der Waals surface area contributed by atoms with Crippen LogP contribution in [0.4, 0.5) is 8.78 Å². The molecule has 1 aromatic carbocycles. The monoisotopic (exact) mass is 211 g/mol. The molecule has 1 N–H and O–H groups in total. The van der Waals surface area contributed by atoms with Crippen molar-refractivity contribution >= 4 is 11.8 Å². The Hall–Kier alpha value is -1.78. The zero-order valence-electron chi connectivity index (χ0n) is 7.80. The topological polar surface area (TPSA) is 46.2 Å². The Morgan fingerprint density at radius 2 is 1.93 bits per heavy atom. The average molecular weight is 211 g/mol. The molecule has 2 amide bonds. The minimum atomic E-state index is -3.63. The number of nitrogens with one attached hydrogen (secondary N) is 1. The lowest BCUT2D eigenvalue weighted by atomic mass is 9.95. The van der Waals surface area contributed by atoms with E-state index in [2.05, 4.69) is 0 Å². The highest BCUT2D eigenvalue weighted by molar-refractivity contribution is 6.12. The van der Waals surface area contributed by atoms with Gasteiger partial charge in [0.05, 0.1) is 0 Å². The van der Waals surface area contributed by atoms with Gasteiger partial charge in [0, 0.05) is 11.1 Å². The summed E-state index contributed by atoms with van der Waals surface area (Å²) >= 11 is 0. The average Bonchev–Trinajstić information content (AvgIpc) is 2.15. The molecule has 0 radical (unpaired) electrons. The van der Waals surface area contributed by atoms with E-state index in [1.165, 1.54) is 6.07 Å². The predicted octanol–water partition coefficient (Wildman–Crippen LogP) is 1.36. The molecule has 0 aliphatic carbocycles. The minimum absolute atomic E-state index is 0.148. The van der Waals surface area contributed by atoms with Crippen LogP contribution in [0.1, 0.15) is 21.5 Å². The van der Waals surface area contributed by atoms with E-state index >= 15 is 0 Å². The van der Waals surface area contributed by atoms with Gasteiger partial charge in [0.1, 0.15) is 0 Å². The summed E-state index contributed by atoms with van der Waals surface area (Å²) in [6.07, 6.45) is 0. The number of benzene rings is 1. The maximum atomic E-state index is 13.4. The molecule has 15 heavy (non-hydrogen) atoms. The predicted molar refractivity (Wildman–Crippen MR) is 47.5 cm³/mol. The van der Waals surface area contributed by atoms with Gasteiger partial charge in [-0.2, -0.15) is 8.78 Å². The standard InChI is InChI=1S/C10H7F2NO2/c1-5-2-3-6-7(4-5)10(11,12)9(15)13-8(6)14/h2-4H,1H3,(H,13,14,15). The molecule has 78 valence electrons. The van der Waals surface area contributed by atoms with E-state index in [-0.39, 0.29) is 5.56 Å². The number of carbonyl (C=O) groups excluding carboxylic acids is 2. The van der Waals surface area contributed by atoms with Crippen molar-refractivity contribution in [2.75, 3.05) is 0 Å². The zero-order chi connectivity index (χ0) is 11.2. The van der Waals surface area contributed by atoms with Crippen LogP contribution in [0.3, 0.4) is 0 Å². The maximum Gasteiger partial charge on any atom is 0.350 e. The number of imide groups is 1. The van der Waals surface area contributed by atoms with Crippen LogP contribution in [0.25, 0.3) is 0 Å². The lowest BCUT2D eigenvalue weighted by Gasteiger charge is -2.23. The molecule has 0 bridgehead atoms. The van der Waals surface area contributed by atoms with Gasteiger partial charge in [0.2, 0.25) is 0 Å². The van der Waals surface area contributed by atoms with Crippen molar-refractivity contribution in [2.24, 2.45) is 0 Å². The van der Waals surface area contributed by atoms with Crippen LogP contribution in [-0.2, 0) is 10.7 Å². The molecule has 0 fully saturated rings. The van der Waals surface area contributed by atoms with Gasteiger partial charge in [-0.25, -0.2) is 0 Å². The van der Waals surface area contributed by atoms with E-state index < -0.39 is 23.3 Å². The molecule has 5 heteroatoms. The van der Waals surface area contributed by atoms with E-state index in [0.717, 1.165) is 6.07 Å². The summed E-state index contributed by atoms with van der Waals surface area (Å²) in [6, 6.07) is 4.00. The van der Waals surface area contributed by atoms with Crippen molar-refractivity contribution in [1.29, 1.82) is 0 Å². The van der Waals surface area contributed by atoms with Gasteiger partial charge in [-0.3, -0.25) is 14.9 Å². The molecule has 0 unspecified atom stereocenters. The number of hydrogen-bond acceptors (Lipinski definition) is 2. The zero-order valence-corrected chi connectivity index (χ0v) is 7.80. The Bertz CT molecular complexity index is 468. The van der Waals surface area contributed by atoms with E-state index in [1.807, 2.05) is 0 Å². The Morgan fingerprint density at radius 3 is 2.60 bits per heavy atom. The highest BCUT2D eigenvalue weighted by Crippen LogP contribution is 2.34. The molecule has 0 atom stereocenters. The first-order valence-corrected chi connectivity index (χ1v) is 4.27. The first-order valence-electron chi connectivity index (χ1n) is 4.27. The molecule has 2 rings (SSSR count). The Morgan fingerprint density at radius 1 is 1.27 bits per heavy atom. The normalized spacial score (nSPS) is 18.3. The molecule has 3 nitrogen and oxygen atoms in total. The van der Waals surface area contributed by atoms with E-state index in [1.54, 1.807) is 18.3 Å². The minimum Gasteiger partial charge on any atom is -0.287 e. The number of halogens is 2. The van der Waals surface area contributed by atoms with Crippen molar-refractivity contribution in [3.8, 4) is 0 Å². The third-order valence-corrected chi connectivity index (χ3v) is 2.27. The highest BCUT2D eigenvalue weighted by atomic mass is 19.3. The second-order valence-corrected chi connectivity index (χ2v) is 3.41. The summed E-state index contributed by atoms with van der Waals surface area (Å²) in [4.78, 5) is 22.1. The smallest absolute Gasteiger partial charge is 0.287 e. The molecular weight excluding hydrogens is 204 g/mol. The summed E-state index contributed by atoms with van der Waals surface area (Å²) in [7, 11) is 0. The van der Waals surface area contributed by atoms with Gasteiger partial charge in [-0.15, -0.1) is 0 Å². The van der Waals surface area contributed by atoms with Gasteiger partial charge in [-0.1, -0.05) is 11.6 Å². The van der Waals surface area contributed by atoms with Gasteiger partial charge < -0.3 is 0 Å². The fraction of sp³-hybridized carbons (Fsp3) is 0.200. The summed E-state index contributed by atoms with van der Waals surface area (Å²) in [5, 5.41) is 1.62. The number of aryl methyl sites for hydroxylation is 1. The number of carbonyl (C=O) groups is 2. The van der Waals surface area contributed by atoms with Crippen molar-refractivity contribution in [2.45, 2.75) is 12.8 Å². The van der Waals surface area contributed by atoms with Gasteiger partial charge in [0.15, 0.2) is 0 Å². The van der Waals surface area contributed by atoms with E-state index in [9.17, 15) is 18.4 Å². The third-order valence-electron chi connectivity index (χ3n) is 2.27. The Kier molecular flexibility index (Phi) is 1.86. The van der Waals surface area contributed by atoms with Crippen LogP contribution in [0.15, 0.2) is 18.2 Å². The number of hydrogen-bond donors (Lipinski definition) is 1. The second-order valence-electron chi connectivity index (χ2n) is 3.41. The molecule has 0 aromatic heterocycles. The molecular formula is C10H7F2NO2. The van der Waals surface area contributed by atoms with Crippen LogP contribution >= 0.6 is 0 Å². The fourth-order valence-corrected chi connectivity index (χ4v) is 1.49. The SMILES string of the molecule is Cc1ccc2c(c1)C(F)(F)C(=O)NC2=O. The number of rotatable bonds is 0. The summed E-state index contributed by atoms with van der Waals surface area (Å²) < 4.78 is 26.8. The molecule has 1 aromatic rings. The third kappa shape index (κ3) is 1.31. The molecule has 0 spiro atoms. The van der Waals surface area contributed by atoms with Crippen molar-refractivity contribution < 1.29 is 18.4 Å². The maximum absolute atomic E-state index is 13.4. The van der Waals surface area contributed by atoms with Gasteiger partial charge in [0.25, 0.3) is 5.91 Å². The first kappa shape index (κ1) is 9.76. The van der Waals surface area contributed by atoms with Crippen molar-refractivity contribution in [1.82, 2.24) is 5.32 Å². The Labute approximate surface area is 84.1 Å². The summed E-state index contributed by atoms with van der Waals surface area (Å²) in [5.74, 6) is -5.97. The van der Waals surface area contributed by atoms with Crippen LogP contribution in [0.5, 0.6) is 0 Å². The first-order chi connectivity index (χ1) is 6.93. The van der Waals surface area contributed by atoms with E-state index in [0.29, 0.717) is 5.56 Å². The van der Waals surface area contributed by atoms with Gasteiger partial charge >= 0.3 is 11.8 Å². The van der Waals surface area contributed by atoms with Crippen molar-refractivity contribution in [3.05, 3.63) is 34.9 Å². The quantitative estimate of drug-likeness (QED) is 0.658. The molecule has 0 saturated heterocycles. The largest absolute Gasteiger partial charge is 0.350 e. The summed E-state index contributed by atoms with van der Waals surface area (Å²) in [6.45, 7) is 1.62. The number of alkyl halides is 2. The van der Waals surface area contributed by atoms with Crippen LogP contribution in [0, 0.1) is 6.92 Å². The number of amides is 2. The second kappa shape index (κ2) is 2.85. The lowest BCUT2D eigenvalue weighted by Crippen LogP contribution is -2.47.